The van der Waals surface area contributed by atoms with E-state index in [9.17, 15) is 14.4 Å². The summed E-state index contributed by atoms with van der Waals surface area (Å²) in [6.45, 7) is 0.398. The average molecular weight is 391 g/mol. The van der Waals surface area contributed by atoms with Crippen molar-refractivity contribution in [3.05, 3.63) is 77.0 Å². The van der Waals surface area contributed by atoms with Gasteiger partial charge in [-0.15, -0.1) is 0 Å². The van der Waals surface area contributed by atoms with Gasteiger partial charge in [-0.05, 0) is 55.2 Å². The van der Waals surface area contributed by atoms with E-state index in [-0.39, 0.29) is 18.0 Å². The van der Waals surface area contributed by atoms with Crippen molar-refractivity contribution < 1.29 is 9.59 Å². The molecule has 1 aliphatic carbocycles. The number of pyridine rings is 1. The second-order valence-electron chi connectivity index (χ2n) is 7.06. The molecule has 0 aliphatic heterocycles. The molecule has 2 heterocycles. The van der Waals surface area contributed by atoms with E-state index < -0.39 is 11.5 Å². The second-order valence-corrected chi connectivity index (χ2v) is 7.06. The summed E-state index contributed by atoms with van der Waals surface area (Å²) in [5, 5.41) is 9.72. The highest BCUT2D eigenvalue weighted by atomic mass is 16.2. The Kier molecular flexibility index (Phi) is 5.24. The Morgan fingerprint density at radius 3 is 2.72 bits per heavy atom. The molecule has 2 N–H and O–H groups in total. The first-order chi connectivity index (χ1) is 14.1. The van der Waals surface area contributed by atoms with Crippen molar-refractivity contribution in [2.45, 2.75) is 19.4 Å². The van der Waals surface area contributed by atoms with Gasteiger partial charge in [0.2, 0.25) is 5.91 Å². The predicted molar refractivity (Wildman–Crippen MR) is 108 cm³/mol. The largest absolute Gasteiger partial charge is 0.352 e. The SMILES string of the molecule is O=C(Cn1cccc(C(=O)NCC2CC2)c1=O)Nc1cccc(-n2cccn2)c1. The van der Waals surface area contributed by atoms with E-state index in [2.05, 4.69) is 15.7 Å². The molecule has 0 unspecified atom stereocenters. The summed E-state index contributed by atoms with van der Waals surface area (Å²) < 4.78 is 2.92. The predicted octanol–water partition coefficient (Wildman–Crippen LogP) is 1.81. The summed E-state index contributed by atoms with van der Waals surface area (Å²) in [5.74, 6) is -0.239. The van der Waals surface area contributed by atoms with Crippen molar-refractivity contribution in [3.8, 4) is 5.69 Å². The lowest BCUT2D eigenvalue weighted by atomic mass is 10.2. The first-order valence-corrected chi connectivity index (χ1v) is 9.48. The molecular weight excluding hydrogens is 370 g/mol. The first-order valence-electron chi connectivity index (χ1n) is 9.48. The van der Waals surface area contributed by atoms with Gasteiger partial charge in [-0.25, -0.2) is 4.68 Å². The lowest BCUT2D eigenvalue weighted by Crippen LogP contribution is -2.35. The molecule has 29 heavy (non-hydrogen) atoms. The Labute approximate surface area is 167 Å². The van der Waals surface area contributed by atoms with Crippen molar-refractivity contribution in [2.24, 2.45) is 5.92 Å². The number of rotatable bonds is 7. The van der Waals surface area contributed by atoms with Gasteiger partial charge in [0.1, 0.15) is 12.1 Å². The molecule has 0 saturated heterocycles. The van der Waals surface area contributed by atoms with Crippen molar-refractivity contribution in [3.63, 3.8) is 0 Å². The summed E-state index contributed by atoms with van der Waals surface area (Å²) >= 11 is 0. The van der Waals surface area contributed by atoms with Crippen LogP contribution in [-0.2, 0) is 11.3 Å². The minimum absolute atomic E-state index is 0.0432. The van der Waals surface area contributed by atoms with E-state index in [4.69, 9.17) is 0 Å². The highest BCUT2D eigenvalue weighted by molar-refractivity contribution is 5.94. The van der Waals surface area contributed by atoms with Gasteiger partial charge in [0, 0.05) is 30.8 Å². The van der Waals surface area contributed by atoms with Crippen LogP contribution >= 0.6 is 0 Å². The van der Waals surface area contributed by atoms with Crippen molar-refractivity contribution in [1.29, 1.82) is 0 Å². The van der Waals surface area contributed by atoms with Crippen molar-refractivity contribution in [1.82, 2.24) is 19.7 Å². The number of nitrogens with one attached hydrogen (secondary N) is 2. The standard InChI is InChI=1S/C21H21N5O3/c27-19(24-16-4-1-5-17(12-16)26-11-3-9-23-26)14-25-10-2-6-18(21(25)29)20(28)22-13-15-7-8-15/h1-6,9-12,15H,7-8,13-14H2,(H,22,28)(H,24,27). The van der Waals surface area contributed by atoms with Crippen LogP contribution in [0.4, 0.5) is 5.69 Å². The minimum atomic E-state index is -0.485. The lowest BCUT2D eigenvalue weighted by Gasteiger charge is -2.10. The Morgan fingerprint density at radius 1 is 1.10 bits per heavy atom. The summed E-state index contributed by atoms with van der Waals surface area (Å²) in [4.78, 5) is 37.3. The highest BCUT2D eigenvalue weighted by Crippen LogP contribution is 2.27. The number of anilines is 1. The van der Waals surface area contributed by atoms with Gasteiger partial charge < -0.3 is 15.2 Å². The molecular formula is C21H21N5O3. The number of aromatic nitrogens is 3. The minimum Gasteiger partial charge on any atom is -0.352 e. The number of hydrogen-bond acceptors (Lipinski definition) is 4. The van der Waals surface area contributed by atoms with Gasteiger partial charge in [0.15, 0.2) is 0 Å². The molecule has 1 aliphatic rings. The molecule has 4 rings (SSSR count). The molecule has 8 heteroatoms. The molecule has 0 spiro atoms. The molecule has 2 amide bonds. The summed E-state index contributed by atoms with van der Waals surface area (Å²) in [6.07, 6.45) is 7.20. The van der Waals surface area contributed by atoms with Crippen LogP contribution in [0.5, 0.6) is 0 Å². The molecule has 1 aromatic carbocycles. The number of carbonyl (C=O) groups excluding carboxylic acids is 2. The fraction of sp³-hybridized carbons (Fsp3) is 0.238. The van der Waals surface area contributed by atoms with E-state index in [0.29, 0.717) is 18.2 Å². The van der Waals surface area contributed by atoms with Crippen LogP contribution in [0.15, 0.2) is 65.8 Å². The monoisotopic (exact) mass is 391 g/mol. The van der Waals surface area contributed by atoms with Crippen LogP contribution in [0.2, 0.25) is 0 Å². The van der Waals surface area contributed by atoms with Crippen LogP contribution in [-0.4, -0.2) is 32.7 Å². The molecule has 0 radical (unpaired) electrons. The maximum absolute atomic E-state index is 12.6. The summed E-state index contributed by atoms with van der Waals surface area (Å²) in [6, 6.07) is 12.1. The third-order valence-electron chi connectivity index (χ3n) is 4.73. The van der Waals surface area contributed by atoms with Gasteiger partial charge in [0.25, 0.3) is 11.5 Å². The Morgan fingerprint density at radius 2 is 1.97 bits per heavy atom. The second kappa shape index (κ2) is 8.14. The zero-order chi connectivity index (χ0) is 20.2. The smallest absolute Gasteiger partial charge is 0.263 e. The number of hydrogen-bond donors (Lipinski definition) is 2. The topological polar surface area (TPSA) is 98.0 Å². The number of nitrogens with zero attached hydrogens (tertiary/aromatic N) is 3. The molecule has 0 atom stereocenters. The van der Waals surface area contributed by atoms with Gasteiger partial charge in [-0.2, -0.15) is 5.10 Å². The van der Waals surface area contributed by atoms with Crippen LogP contribution in [0.25, 0.3) is 5.69 Å². The Bertz CT molecular complexity index is 1080. The zero-order valence-electron chi connectivity index (χ0n) is 15.7. The van der Waals surface area contributed by atoms with Gasteiger partial charge >= 0.3 is 0 Å². The molecule has 148 valence electrons. The van der Waals surface area contributed by atoms with Gasteiger partial charge in [-0.1, -0.05) is 6.07 Å². The van der Waals surface area contributed by atoms with E-state index in [0.717, 1.165) is 18.5 Å². The number of benzene rings is 1. The molecule has 1 saturated carbocycles. The zero-order valence-corrected chi connectivity index (χ0v) is 15.7. The van der Waals surface area contributed by atoms with Crippen LogP contribution < -0.4 is 16.2 Å². The maximum Gasteiger partial charge on any atom is 0.263 e. The fourth-order valence-corrected chi connectivity index (χ4v) is 2.99. The van der Waals surface area contributed by atoms with E-state index >= 15 is 0 Å². The van der Waals surface area contributed by atoms with Crippen molar-refractivity contribution in [2.75, 3.05) is 11.9 Å². The van der Waals surface area contributed by atoms with Gasteiger partial charge in [-0.3, -0.25) is 14.4 Å². The Balaban J connectivity index is 1.43. The van der Waals surface area contributed by atoms with E-state index in [1.54, 1.807) is 35.3 Å². The quantitative estimate of drug-likeness (QED) is 0.642. The number of carbonyl (C=O) groups is 2. The third kappa shape index (κ3) is 4.60. The van der Waals surface area contributed by atoms with E-state index in [1.165, 1.54) is 16.8 Å². The summed E-state index contributed by atoms with van der Waals surface area (Å²) in [7, 11) is 0. The van der Waals surface area contributed by atoms with Crippen molar-refractivity contribution >= 4 is 17.5 Å². The summed E-state index contributed by atoms with van der Waals surface area (Å²) in [5.41, 5.74) is 0.955. The third-order valence-corrected chi connectivity index (χ3v) is 4.73. The first kappa shape index (κ1) is 18.7. The highest BCUT2D eigenvalue weighted by Gasteiger charge is 2.22. The maximum atomic E-state index is 12.6. The van der Waals surface area contributed by atoms with E-state index in [1.807, 2.05) is 18.2 Å². The Hall–Kier alpha value is -3.68. The number of amides is 2. The van der Waals surface area contributed by atoms with Crippen LogP contribution in [0.1, 0.15) is 23.2 Å². The molecule has 1 fully saturated rings. The lowest BCUT2D eigenvalue weighted by molar-refractivity contribution is -0.116. The molecule has 3 aromatic rings. The average Bonchev–Trinajstić information content (AvgIpc) is 3.38. The van der Waals surface area contributed by atoms with Crippen LogP contribution in [0.3, 0.4) is 0 Å². The fourth-order valence-electron chi connectivity index (χ4n) is 2.99. The molecule has 8 nitrogen and oxygen atoms in total. The normalized spacial score (nSPS) is 13.1. The molecule has 0 bridgehead atoms. The van der Waals surface area contributed by atoms with Crippen LogP contribution in [0, 0.1) is 5.92 Å². The molecule has 2 aromatic heterocycles. The van der Waals surface area contributed by atoms with Gasteiger partial charge in [0.05, 0.1) is 5.69 Å².